The molecule has 0 aliphatic rings. The molecule has 0 amide bonds. The van der Waals surface area contributed by atoms with E-state index in [9.17, 15) is 69.5 Å². The van der Waals surface area contributed by atoms with Gasteiger partial charge in [0.2, 0.25) is 23.7 Å². The lowest BCUT2D eigenvalue weighted by Crippen LogP contribution is -2.24. The molecule has 8 N–H and O–H groups in total. The van der Waals surface area contributed by atoms with Crippen LogP contribution in [0.1, 0.15) is 11.1 Å². The summed E-state index contributed by atoms with van der Waals surface area (Å²) in [6, 6.07) is 12.7. The zero-order chi connectivity index (χ0) is 50.6. The Balaban J connectivity index is 1.57. The Kier molecular flexibility index (Phi) is 15.7. The summed E-state index contributed by atoms with van der Waals surface area (Å²) in [5.74, 6) is -4.94. The summed E-state index contributed by atoms with van der Waals surface area (Å²) in [7, 11) is -27.2. The zero-order valence-corrected chi connectivity index (χ0v) is 39.3. The first-order chi connectivity index (χ1) is 31.3. The second-order valence-electron chi connectivity index (χ2n) is 13.6. The second-order valence-corrected chi connectivity index (χ2v) is 22.8. The first-order valence-corrected chi connectivity index (χ1v) is 27.2. The molecule has 0 saturated carbocycles. The molecule has 0 atom stereocenters. The third-order valence-corrected chi connectivity index (χ3v) is 14.5. The van der Waals surface area contributed by atoms with Crippen molar-refractivity contribution in [2.24, 2.45) is 17.3 Å². The van der Waals surface area contributed by atoms with Crippen LogP contribution in [0.5, 0.6) is 5.88 Å². The Morgan fingerprint density at radius 2 is 1.07 bits per heavy atom. The van der Waals surface area contributed by atoms with Crippen molar-refractivity contribution >= 4 is 107 Å². The fourth-order valence-electron chi connectivity index (χ4n) is 5.60. The summed E-state index contributed by atoms with van der Waals surface area (Å²) in [5.41, 5.74) is -3.10. The standard InChI is InChI=1S/C33H35N9O20S6/c1-19-25(18-65(49,50)51)29(43)42(2)30(44)28(19)41-40-26-17-22(9-10-27(26)66(52,53)54)36-33-38-31(34-20-5-3-7-23(15-20)63(45,46)13-11-61-67(55,56)57)37-32(39-33)35-21-6-4-8-24(16-21)64(47,48)14-12-62-68(58,59)60/h3-10,15-17,44H,11-14,18H2,1-2H3,(H,49,50,51)(H,52,53,54)(H,55,56,57)(H,58,59,60)(H3,34,35,36,37,38,39)/b41-40+. The van der Waals surface area contributed by atoms with E-state index in [2.05, 4.69) is 49.5 Å². The molecule has 5 rings (SSSR count). The number of nitrogens with zero attached hydrogens (tertiary/aromatic N) is 6. The lowest BCUT2D eigenvalue weighted by atomic mass is 10.1. The maximum Gasteiger partial charge on any atom is 0.397 e. The van der Waals surface area contributed by atoms with Gasteiger partial charge >= 0.3 is 20.8 Å². The maximum atomic E-state index is 12.9. The van der Waals surface area contributed by atoms with E-state index in [-0.39, 0.29) is 44.3 Å². The monoisotopic (exact) mass is 1070 g/mol. The van der Waals surface area contributed by atoms with Gasteiger partial charge in [0.1, 0.15) is 22.0 Å². The van der Waals surface area contributed by atoms with Crippen LogP contribution in [-0.4, -0.2) is 118 Å². The molecule has 0 radical (unpaired) electrons. The summed E-state index contributed by atoms with van der Waals surface area (Å²) in [4.78, 5) is 23.8. The molecule has 2 aromatic heterocycles. The Hall–Kier alpha value is -6.12. The molecule has 0 unspecified atom stereocenters. The molecule has 0 aliphatic carbocycles. The largest absolute Gasteiger partial charge is 0.493 e. The van der Waals surface area contributed by atoms with Gasteiger partial charge in [0.15, 0.2) is 19.7 Å². The molecule has 2 heterocycles. The van der Waals surface area contributed by atoms with E-state index in [1.165, 1.54) is 24.3 Å². The molecule has 0 aliphatic heterocycles. The number of nitrogens with one attached hydrogen (secondary N) is 3. The van der Waals surface area contributed by atoms with Gasteiger partial charge in [-0.05, 0) is 67.1 Å². The van der Waals surface area contributed by atoms with Crippen LogP contribution >= 0.6 is 0 Å². The number of benzene rings is 3. The summed E-state index contributed by atoms with van der Waals surface area (Å²) < 4.78 is 189. The summed E-state index contributed by atoms with van der Waals surface area (Å²) in [5, 5.41) is 26.5. The van der Waals surface area contributed by atoms with Gasteiger partial charge in [-0.25, -0.2) is 25.2 Å². The predicted octanol–water partition coefficient (Wildman–Crippen LogP) is 2.05. The molecule has 68 heavy (non-hydrogen) atoms. The van der Waals surface area contributed by atoms with Crippen molar-refractivity contribution in [1.29, 1.82) is 0 Å². The average molecular weight is 1070 g/mol. The predicted molar refractivity (Wildman–Crippen MR) is 235 cm³/mol. The first-order valence-electron chi connectivity index (χ1n) is 18.2. The number of hydrogen-bond donors (Lipinski definition) is 8. The van der Waals surface area contributed by atoms with Crippen LogP contribution in [0.25, 0.3) is 0 Å². The minimum Gasteiger partial charge on any atom is -0.493 e. The third kappa shape index (κ3) is 14.7. The van der Waals surface area contributed by atoms with Gasteiger partial charge in [-0.3, -0.25) is 27.6 Å². The normalized spacial score (nSPS) is 12.9. The number of sulfone groups is 2. The Morgan fingerprint density at radius 1 is 0.632 bits per heavy atom. The van der Waals surface area contributed by atoms with Gasteiger partial charge in [-0.2, -0.15) is 48.6 Å². The van der Waals surface area contributed by atoms with Crippen LogP contribution in [0.15, 0.2) is 96.4 Å². The van der Waals surface area contributed by atoms with Gasteiger partial charge in [-0.15, -0.1) is 10.2 Å². The van der Waals surface area contributed by atoms with E-state index in [4.69, 9.17) is 9.11 Å². The molecule has 0 fully saturated rings. The van der Waals surface area contributed by atoms with E-state index in [1.54, 1.807) is 0 Å². The molecule has 0 spiro atoms. The van der Waals surface area contributed by atoms with Crippen molar-refractivity contribution in [3.8, 4) is 5.88 Å². The highest BCUT2D eigenvalue weighted by Gasteiger charge is 2.24. The highest BCUT2D eigenvalue weighted by molar-refractivity contribution is 7.91. The van der Waals surface area contributed by atoms with E-state index >= 15 is 0 Å². The van der Waals surface area contributed by atoms with E-state index in [0.717, 1.165) is 56.4 Å². The molecular weight excluding hydrogens is 1030 g/mol. The van der Waals surface area contributed by atoms with Crippen LogP contribution in [0, 0.1) is 6.92 Å². The summed E-state index contributed by atoms with van der Waals surface area (Å²) >= 11 is 0. The van der Waals surface area contributed by atoms with Gasteiger partial charge in [-0.1, -0.05) is 12.1 Å². The molecule has 0 saturated heterocycles. The van der Waals surface area contributed by atoms with Gasteiger partial charge in [0, 0.05) is 29.7 Å². The van der Waals surface area contributed by atoms with E-state index < -0.39 is 130 Å². The number of aromatic nitrogens is 4. The molecule has 35 heteroatoms. The van der Waals surface area contributed by atoms with Crippen LogP contribution < -0.4 is 21.5 Å². The van der Waals surface area contributed by atoms with Crippen LogP contribution in [-0.2, 0) is 81.9 Å². The molecular formula is C33H35N9O20S6. The van der Waals surface area contributed by atoms with Crippen LogP contribution in [0.4, 0.5) is 46.3 Å². The molecule has 5 aromatic rings. The van der Waals surface area contributed by atoms with E-state index in [0.29, 0.717) is 4.57 Å². The zero-order valence-electron chi connectivity index (χ0n) is 34.4. The Bertz CT molecular complexity index is 3440. The highest BCUT2D eigenvalue weighted by Crippen LogP contribution is 2.35. The van der Waals surface area contributed by atoms with Crippen LogP contribution in [0.3, 0.4) is 0 Å². The number of aromatic hydroxyl groups is 1. The van der Waals surface area contributed by atoms with Crippen molar-refractivity contribution in [3.63, 3.8) is 0 Å². The number of anilines is 6. The quantitative estimate of drug-likeness (QED) is 0.0385. The first kappa shape index (κ1) is 52.8. The molecule has 29 nitrogen and oxygen atoms in total. The summed E-state index contributed by atoms with van der Waals surface area (Å²) in [6.45, 7) is -0.705. The van der Waals surface area contributed by atoms with E-state index in [1.807, 2.05) is 0 Å². The Morgan fingerprint density at radius 3 is 1.49 bits per heavy atom. The third-order valence-electron chi connectivity index (χ3n) is 8.68. The minimum absolute atomic E-state index is 0.00184. The van der Waals surface area contributed by atoms with Gasteiger partial charge < -0.3 is 21.1 Å². The minimum atomic E-state index is -5.08. The van der Waals surface area contributed by atoms with Gasteiger partial charge in [0.05, 0.1) is 34.5 Å². The number of rotatable bonds is 21. The lowest BCUT2D eigenvalue weighted by molar-refractivity contribution is 0.282. The number of azo groups is 1. The molecule has 0 bridgehead atoms. The summed E-state index contributed by atoms with van der Waals surface area (Å²) in [6.07, 6.45) is 0. The smallest absolute Gasteiger partial charge is 0.397 e. The molecule has 368 valence electrons. The van der Waals surface area contributed by atoms with Crippen molar-refractivity contribution in [2.75, 3.05) is 40.7 Å². The maximum absolute atomic E-state index is 12.9. The topological polar surface area (TPSA) is 446 Å². The van der Waals surface area contributed by atoms with Crippen molar-refractivity contribution in [2.45, 2.75) is 27.4 Å². The molecule has 3 aromatic carbocycles. The lowest BCUT2D eigenvalue weighted by Gasteiger charge is -2.14. The van der Waals surface area contributed by atoms with Crippen molar-refractivity contribution in [3.05, 3.63) is 88.2 Å². The fourth-order valence-corrected chi connectivity index (χ4v) is 9.96. The van der Waals surface area contributed by atoms with Crippen molar-refractivity contribution in [1.82, 2.24) is 19.5 Å². The van der Waals surface area contributed by atoms with Gasteiger partial charge in [0.25, 0.3) is 25.8 Å². The second kappa shape index (κ2) is 20.2. The number of pyridine rings is 1. The highest BCUT2D eigenvalue weighted by atomic mass is 32.3. The number of hydrogen-bond acceptors (Lipinski definition) is 24. The average Bonchev–Trinajstić information content (AvgIpc) is 3.20. The van der Waals surface area contributed by atoms with Crippen molar-refractivity contribution < 1.29 is 82.2 Å². The SMILES string of the molecule is Cc1c(/N=N/c2cc(Nc3nc(Nc4cccc(S(=O)(=O)CCOS(=O)(=O)O)c4)nc(Nc4cccc(S(=O)(=O)CCOS(=O)(=O)O)c4)n3)ccc2S(=O)(=O)O)c(O)n(C)c(=O)c1CS(=O)(=O)O. The Labute approximate surface area is 386 Å². The van der Waals surface area contributed by atoms with Crippen LogP contribution in [0.2, 0.25) is 0 Å². The fraction of sp³-hybridized carbons (Fsp3) is 0.212.